The van der Waals surface area contributed by atoms with Crippen LogP contribution in [0.4, 0.5) is 0 Å². The zero-order valence-electron chi connectivity index (χ0n) is 12.3. The van der Waals surface area contributed by atoms with Gasteiger partial charge in [0, 0.05) is 5.75 Å². The second kappa shape index (κ2) is 9.26. The Morgan fingerprint density at radius 1 is 1.09 bits per heavy atom. The predicted molar refractivity (Wildman–Crippen MR) is 80.4 cm³/mol. The van der Waals surface area contributed by atoms with Crippen molar-refractivity contribution in [1.29, 1.82) is 0 Å². The number of nitrogens with one attached hydrogen (secondary N) is 2. The van der Waals surface area contributed by atoms with Crippen LogP contribution >= 0.6 is 12.6 Å². The highest BCUT2D eigenvalue weighted by molar-refractivity contribution is 7.80. The highest BCUT2D eigenvalue weighted by Crippen LogP contribution is 2.04. The topological polar surface area (TPSA) is 159 Å². The Morgan fingerprint density at radius 2 is 1.64 bits per heavy atom. The van der Waals surface area contributed by atoms with Gasteiger partial charge in [0.25, 0.3) is 0 Å². The fourth-order valence-corrected chi connectivity index (χ4v) is 1.68. The number of carboxylic acid groups (broad SMARTS) is 2. The molecule has 22 heavy (non-hydrogen) atoms. The third-order valence-electron chi connectivity index (χ3n) is 2.78. The second-order valence-corrected chi connectivity index (χ2v) is 5.38. The van der Waals surface area contributed by atoms with E-state index >= 15 is 0 Å². The highest BCUT2D eigenvalue weighted by Gasteiger charge is 2.30. The number of nitrogens with two attached hydrogens (primary N) is 1. The van der Waals surface area contributed by atoms with Crippen molar-refractivity contribution in [3.63, 3.8) is 0 Å². The van der Waals surface area contributed by atoms with Gasteiger partial charge in [-0.05, 0) is 5.92 Å². The molecule has 0 aliphatic heterocycles. The Balaban J connectivity index is 5.01. The quantitative estimate of drug-likeness (QED) is 0.278. The smallest absolute Gasteiger partial charge is 0.326 e. The van der Waals surface area contributed by atoms with Crippen LogP contribution in [-0.2, 0) is 19.2 Å². The minimum Gasteiger partial charge on any atom is -0.481 e. The Kier molecular flexibility index (Phi) is 8.50. The number of aliphatic carboxylic acids is 2. The standard InChI is InChI=1S/C12H21N3O6S/c1-5(2)9(12(20)21)15-11(19)7(3-8(16)17)14-10(18)6(13)4-22/h5-7,9,22H,3-4,13H2,1-2H3,(H,14,18)(H,15,19)(H,16,17)(H,20,21). The molecule has 2 amide bonds. The van der Waals surface area contributed by atoms with Crippen molar-refractivity contribution in [2.75, 3.05) is 5.75 Å². The van der Waals surface area contributed by atoms with Crippen LogP contribution in [0.1, 0.15) is 20.3 Å². The maximum Gasteiger partial charge on any atom is 0.326 e. The van der Waals surface area contributed by atoms with Gasteiger partial charge in [-0.2, -0.15) is 12.6 Å². The molecule has 0 saturated carbocycles. The van der Waals surface area contributed by atoms with E-state index in [1.165, 1.54) is 0 Å². The van der Waals surface area contributed by atoms with Crippen molar-refractivity contribution in [3.8, 4) is 0 Å². The zero-order chi connectivity index (χ0) is 17.4. The summed E-state index contributed by atoms with van der Waals surface area (Å²) in [6.07, 6.45) is -0.693. The monoisotopic (exact) mass is 335 g/mol. The molecule has 6 N–H and O–H groups in total. The molecular weight excluding hydrogens is 314 g/mol. The normalized spacial score (nSPS) is 14.8. The van der Waals surface area contributed by atoms with Crippen LogP contribution in [0.2, 0.25) is 0 Å². The summed E-state index contributed by atoms with van der Waals surface area (Å²) in [6, 6.07) is -3.62. The van der Waals surface area contributed by atoms with E-state index in [-0.39, 0.29) is 5.75 Å². The molecule has 0 bridgehead atoms. The molecular formula is C12H21N3O6S. The van der Waals surface area contributed by atoms with Gasteiger partial charge in [0.2, 0.25) is 11.8 Å². The highest BCUT2D eigenvalue weighted by atomic mass is 32.1. The molecule has 0 radical (unpaired) electrons. The third-order valence-corrected chi connectivity index (χ3v) is 3.17. The fourth-order valence-electron chi connectivity index (χ4n) is 1.51. The van der Waals surface area contributed by atoms with Crippen LogP contribution in [-0.4, -0.2) is 57.8 Å². The van der Waals surface area contributed by atoms with Crippen molar-refractivity contribution in [3.05, 3.63) is 0 Å². The molecule has 0 aromatic heterocycles. The van der Waals surface area contributed by atoms with Crippen molar-refractivity contribution in [1.82, 2.24) is 10.6 Å². The van der Waals surface area contributed by atoms with Crippen molar-refractivity contribution in [2.24, 2.45) is 11.7 Å². The number of thiol groups is 1. The molecule has 0 spiro atoms. The Bertz CT molecular complexity index is 443. The summed E-state index contributed by atoms with van der Waals surface area (Å²) in [6.45, 7) is 3.17. The first kappa shape index (κ1) is 20.2. The number of hydrogen-bond acceptors (Lipinski definition) is 6. The molecule has 0 aromatic carbocycles. The molecule has 3 atom stereocenters. The van der Waals surface area contributed by atoms with Gasteiger partial charge < -0.3 is 26.6 Å². The van der Waals surface area contributed by atoms with E-state index in [9.17, 15) is 19.2 Å². The number of carboxylic acids is 2. The maximum atomic E-state index is 12.0. The number of carbonyl (C=O) groups excluding carboxylic acids is 2. The molecule has 0 saturated heterocycles. The molecule has 10 heteroatoms. The van der Waals surface area contributed by atoms with Crippen LogP contribution in [0.25, 0.3) is 0 Å². The molecule has 3 unspecified atom stereocenters. The SMILES string of the molecule is CC(C)C(NC(=O)C(CC(=O)O)NC(=O)C(N)CS)C(=O)O. The molecule has 0 fully saturated rings. The average molecular weight is 335 g/mol. The predicted octanol–water partition coefficient (Wildman–Crippen LogP) is -1.57. The lowest BCUT2D eigenvalue weighted by atomic mass is 10.0. The second-order valence-electron chi connectivity index (χ2n) is 5.02. The van der Waals surface area contributed by atoms with Gasteiger partial charge in [-0.1, -0.05) is 13.8 Å². The molecule has 126 valence electrons. The number of hydrogen-bond donors (Lipinski definition) is 6. The van der Waals surface area contributed by atoms with Crippen molar-refractivity contribution < 1.29 is 29.4 Å². The minimum absolute atomic E-state index is 0.0109. The summed E-state index contributed by atoms with van der Waals surface area (Å²) in [7, 11) is 0. The number of carbonyl (C=O) groups is 4. The van der Waals surface area contributed by atoms with E-state index in [4.69, 9.17) is 15.9 Å². The number of rotatable bonds is 9. The Labute approximate surface area is 133 Å². The lowest BCUT2D eigenvalue weighted by molar-refractivity contribution is -0.144. The van der Waals surface area contributed by atoms with E-state index < -0.39 is 54.2 Å². The molecule has 0 heterocycles. The molecule has 0 aliphatic rings. The van der Waals surface area contributed by atoms with E-state index in [0.717, 1.165) is 0 Å². The van der Waals surface area contributed by atoms with Gasteiger partial charge in [-0.15, -0.1) is 0 Å². The van der Waals surface area contributed by atoms with Gasteiger partial charge in [0.1, 0.15) is 12.1 Å². The zero-order valence-corrected chi connectivity index (χ0v) is 13.2. The van der Waals surface area contributed by atoms with Crippen molar-refractivity contribution in [2.45, 2.75) is 38.4 Å². The van der Waals surface area contributed by atoms with Gasteiger partial charge in [-0.25, -0.2) is 4.79 Å². The molecule has 0 rings (SSSR count). The van der Waals surface area contributed by atoms with Crippen LogP contribution < -0.4 is 16.4 Å². The molecule has 9 nitrogen and oxygen atoms in total. The van der Waals surface area contributed by atoms with E-state index in [1.54, 1.807) is 13.8 Å². The largest absolute Gasteiger partial charge is 0.481 e. The fraction of sp³-hybridized carbons (Fsp3) is 0.667. The molecule has 0 aromatic rings. The van der Waals surface area contributed by atoms with Crippen LogP contribution in [0, 0.1) is 5.92 Å². The van der Waals surface area contributed by atoms with E-state index in [0.29, 0.717) is 0 Å². The van der Waals surface area contributed by atoms with Crippen LogP contribution in [0.5, 0.6) is 0 Å². The van der Waals surface area contributed by atoms with E-state index in [1.807, 2.05) is 0 Å². The summed E-state index contributed by atoms with van der Waals surface area (Å²) >= 11 is 3.83. The van der Waals surface area contributed by atoms with Gasteiger partial charge >= 0.3 is 11.9 Å². The first-order chi connectivity index (χ1) is 10.1. The summed E-state index contributed by atoms with van der Waals surface area (Å²) in [5.41, 5.74) is 5.43. The van der Waals surface area contributed by atoms with Crippen LogP contribution in [0.15, 0.2) is 0 Å². The lowest BCUT2D eigenvalue weighted by Gasteiger charge is -2.23. The third kappa shape index (κ3) is 6.76. The van der Waals surface area contributed by atoms with E-state index in [2.05, 4.69) is 23.3 Å². The minimum atomic E-state index is -1.42. The average Bonchev–Trinajstić information content (AvgIpc) is 2.41. The Hall–Kier alpha value is -1.81. The lowest BCUT2D eigenvalue weighted by Crippen LogP contribution is -2.56. The summed E-state index contributed by atoms with van der Waals surface area (Å²) in [5, 5.41) is 22.2. The van der Waals surface area contributed by atoms with Gasteiger partial charge in [0.15, 0.2) is 0 Å². The van der Waals surface area contributed by atoms with Crippen LogP contribution in [0.3, 0.4) is 0 Å². The summed E-state index contributed by atoms with van der Waals surface area (Å²) in [4.78, 5) is 45.5. The maximum absolute atomic E-state index is 12.0. The van der Waals surface area contributed by atoms with Gasteiger partial charge in [0.05, 0.1) is 12.5 Å². The summed E-state index contributed by atoms with van der Waals surface area (Å²) < 4.78 is 0. The van der Waals surface area contributed by atoms with Gasteiger partial charge in [-0.3, -0.25) is 14.4 Å². The first-order valence-electron chi connectivity index (χ1n) is 6.51. The Morgan fingerprint density at radius 3 is 2.00 bits per heavy atom. The van der Waals surface area contributed by atoms with Crippen molar-refractivity contribution >= 4 is 36.4 Å². The first-order valence-corrected chi connectivity index (χ1v) is 7.15. The number of amides is 2. The molecule has 0 aliphatic carbocycles. The summed E-state index contributed by atoms with van der Waals surface area (Å²) in [5.74, 6) is -4.62.